The molecule has 0 aliphatic heterocycles. The smallest absolute Gasteiger partial charge is 0.0402 e. The SMILES string of the molecule is CCO.CCO.CO.CO.Cc1ccccc1.Cc1ccccc1. The van der Waals surface area contributed by atoms with Crippen molar-refractivity contribution in [1.29, 1.82) is 0 Å². The lowest BCUT2D eigenvalue weighted by Crippen LogP contribution is -1.62. The van der Waals surface area contributed by atoms with Crippen LogP contribution in [0.4, 0.5) is 0 Å². The summed E-state index contributed by atoms with van der Waals surface area (Å²) in [7, 11) is 2.00. The molecule has 0 heterocycles. The van der Waals surface area contributed by atoms with Gasteiger partial charge in [-0.05, 0) is 27.7 Å². The molecule has 0 saturated carbocycles. The zero-order valence-electron chi connectivity index (χ0n) is 16.0. The molecular weight excluding hydrogens is 304 g/mol. The van der Waals surface area contributed by atoms with Crippen molar-refractivity contribution in [1.82, 2.24) is 0 Å². The molecule has 4 heteroatoms. The van der Waals surface area contributed by atoms with Gasteiger partial charge >= 0.3 is 0 Å². The van der Waals surface area contributed by atoms with E-state index in [0.717, 1.165) is 14.2 Å². The van der Waals surface area contributed by atoms with E-state index in [-0.39, 0.29) is 13.2 Å². The number of aliphatic hydroxyl groups is 4. The summed E-state index contributed by atoms with van der Waals surface area (Å²) in [6.07, 6.45) is 0. The molecule has 2 aromatic carbocycles. The van der Waals surface area contributed by atoms with Gasteiger partial charge in [-0.3, -0.25) is 0 Å². The standard InChI is InChI=1S/2C7H8.2C2H6O.2CH4O/c2*1-7-5-3-2-4-6-7;2*1-2-3;2*1-2/h2*2-6H,1H3;2*3H,2H2,1H3;2*2H,1H3. The molecule has 0 atom stereocenters. The number of rotatable bonds is 0. The lowest BCUT2D eigenvalue weighted by atomic mass is 10.2. The predicted molar refractivity (Wildman–Crippen MR) is 104 cm³/mol. The minimum absolute atomic E-state index is 0.250. The molecule has 2 rings (SSSR count). The second-order valence-corrected chi connectivity index (χ2v) is 3.94. The molecular formula is C20H36O4. The van der Waals surface area contributed by atoms with Gasteiger partial charge in [-0.2, -0.15) is 0 Å². The maximum absolute atomic E-state index is 7.57. The van der Waals surface area contributed by atoms with E-state index >= 15 is 0 Å². The first-order valence-corrected chi connectivity index (χ1v) is 7.76. The molecule has 0 aliphatic carbocycles. The molecule has 140 valence electrons. The number of hydrogen-bond donors (Lipinski definition) is 4. The van der Waals surface area contributed by atoms with Gasteiger partial charge in [0, 0.05) is 27.4 Å². The lowest BCUT2D eigenvalue weighted by Gasteiger charge is -1.82. The normalized spacial score (nSPS) is 7.08. The fraction of sp³-hybridized carbons (Fsp3) is 0.400. The van der Waals surface area contributed by atoms with Crippen molar-refractivity contribution in [3.05, 3.63) is 71.8 Å². The molecule has 4 nitrogen and oxygen atoms in total. The second kappa shape index (κ2) is 33.0. The summed E-state index contributed by atoms with van der Waals surface area (Å²) in [5.41, 5.74) is 2.64. The number of aliphatic hydroxyl groups excluding tert-OH is 4. The maximum Gasteiger partial charge on any atom is 0.0402 e. The summed E-state index contributed by atoms with van der Waals surface area (Å²) in [5.74, 6) is 0. The molecule has 0 aromatic heterocycles. The molecule has 4 N–H and O–H groups in total. The van der Waals surface area contributed by atoms with Gasteiger partial charge in [0.25, 0.3) is 0 Å². The van der Waals surface area contributed by atoms with Gasteiger partial charge in [0.15, 0.2) is 0 Å². The number of benzene rings is 2. The quantitative estimate of drug-likeness (QED) is 0.594. The fourth-order valence-corrected chi connectivity index (χ4v) is 1.07. The molecule has 0 unspecified atom stereocenters. The third kappa shape index (κ3) is 37.0. The topological polar surface area (TPSA) is 80.9 Å². The Morgan fingerprint density at radius 1 is 0.542 bits per heavy atom. The molecule has 0 fully saturated rings. The van der Waals surface area contributed by atoms with Gasteiger partial charge in [-0.1, -0.05) is 71.8 Å². The molecule has 0 radical (unpaired) electrons. The van der Waals surface area contributed by atoms with Crippen LogP contribution in [0.2, 0.25) is 0 Å². The molecule has 0 amide bonds. The van der Waals surface area contributed by atoms with Gasteiger partial charge < -0.3 is 20.4 Å². The van der Waals surface area contributed by atoms with E-state index in [1.807, 2.05) is 36.4 Å². The van der Waals surface area contributed by atoms with E-state index in [4.69, 9.17) is 20.4 Å². The average Bonchev–Trinajstić information content (AvgIpc) is 2.62. The van der Waals surface area contributed by atoms with Gasteiger partial charge in [0.2, 0.25) is 0 Å². The molecule has 0 saturated heterocycles. The van der Waals surface area contributed by atoms with Crippen molar-refractivity contribution in [2.75, 3.05) is 27.4 Å². The zero-order chi connectivity index (χ0) is 19.6. The van der Waals surface area contributed by atoms with Gasteiger partial charge in [0.1, 0.15) is 0 Å². The van der Waals surface area contributed by atoms with Crippen molar-refractivity contribution < 1.29 is 20.4 Å². The summed E-state index contributed by atoms with van der Waals surface area (Å²) >= 11 is 0. The van der Waals surface area contributed by atoms with Gasteiger partial charge in [-0.25, -0.2) is 0 Å². The zero-order valence-corrected chi connectivity index (χ0v) is 16.0. The Balaban J connectivity index is -0.000000110. The van der Waals surface area contributed by atoms with Crippen LogP contribution in [-0.2, 0) is 0 Å². The Labute approximate surface area is 148 Å². The summed E-state index contributed by atoms with van der Waals surface area (Å²) in [6.45, 7) is 8.03. The van der Waals surface area contributed by atoms with Crippen LogP contribution in [-0.4, -0.2) is 47.9 Å². The Morgan fingerprint density at radius 3 is 0.792 bits per heavy atom. The van der Waals surface area contributed by atoms with Crippen LogP contribution in [0.3, 0.4) is 0 Å². The monoisotopic (exact) mass is 340 g/mol. The predicted octanol–water partition coefficient (Wildman–Crippen LogP) is 3.20. The highest BCUT2D eigenvalue weighted by atomic mass is 16.3. The Kier molecular flexibility index (Phi) is 41.5. The van der Waals surface area contributed by atoms with Crippen LogP contribution in [0.15, 0.2) is 60.7 Å². The Bertz CT molecular complexity index is 338. The van der Waals surface area contributed by atoms with Crippen molar-refractivity contribution in [3.63, 3.8) is 0 Å². The summed E-state index contributed by atoms with van der Waals surface area (Å²) < 4.78 is 0. The van der Waals surface area contributed by atoms with Crippen LogP contribution < -0.4 is 0 Å². The molecule has 0 spiro atoms. The van der Waals surface area contributed by atoms with Crippen LogP contribution in [0.5, 0.6) is 0 Å². The minimum atomic E-state index is 0.250. The van der Waals surface area contributed by atoms with Crippen LogP contribution in [0.1, 0.15) is 25.0 Å². The van der Waals surface area contributed by atoms with Crippen molar-refractivity contribution in [2.45, 2.75) is 27.7 Å². The number of hydrogen-bond acceptors (Lipinski definition) is 4. The highest BCUT2D eigenvalue weighted by molar-refractivity contribution is 5.12. The fourth-order valence-electron chi connectivity index (χ4n) is 1.07. The van der Waals surface area contributed by atoms with E-state index in [2.05, 4.69) is 38.1 Å². The summed E-state index contributed by atoms with van der Waals surface area (Å²) in [5, 5.41) is 29.1. The van der Waals surface area contributed by atoms with E-state index in [1.165, 1.54) is 11.1 Å². The minimum Gasteiger partial charge on any atom is -0.400 e. The second-order valence-electron chi connectivity index (χ2n) is 3.94. The molecule has 24 heavy (non-hydrogen) atoms. The first-order valence-electron chi connectivity index (χ1n) is 7.76. The first-order chi connectivity index (χ1) is 11.6. The van der Waals surface area contributed by atoms with Crippen molar-refractivity contribution >= 4 is 0 Å². The van der Waals surface area contributed by atoms with E-state index in [1.54, 1.807) is 13.8 Å². The highest BCUT2D eigenvalue weighted by Gasteiger charge is 1.72. The Hall–Kier alpha value is -1.72. The van der Waals surface area contributed by atoms with E-state index < -0.39 is 0 Å². The van der Waals surface area contributed by atoms with Crippen LogP contribution >= 0.6 is 0 Å². The third-order valence-electron chi connectivity index (χ3n) is 1.88. The first kappa shape index (κ1) is 30.2. The molecule has 0 aliphatic rings. The van der Waals surface area contributed by atoms with Crippen molar-refractivity contribution in [2.24, 2.45) is 0 Å². The Morgan fingerprint density at radius 2 is 0.708 bits per heavy atom. The largest absolute Gasteiger partial charge is 0.400 e. The average molecular weight is 341 g/mol. The summed E-state index contributed by atoms with van der Waals surface area (Å²) in [6, 6.07) is 20.5. The highest BCUT2D eigenvalue weighted by Crippen LogP contribution is 1.92. The van der Waals surface area contributed by atoms with E-state index in [9.17, 15) is 0 Å². The maximum atomic E-state index is 7.57. The van der Waals surface area contributed by atoms with E-state index in [0.29, 0.717) is 0 Å². The van der Waals surface area contributed by atoms with Crippen LogP contribution in [0, 0.1) is 13.8 Å². The van der Waals surface area contributed by atoms with Crippen molar-refractivity contribution in [3.8, 4) is 0 Å². The van der Waals surface area contributed by atoms with Crippen LogP contribution in [0.25, 0.3) is 0 Å². The molecule has 0 bridgehead atoms. The van der Waals surface area contributed by atoms with Gasteiger partial charge in [0.05, 0.1) is 0 Å². The summed E-state index contributed by atoms with van der Waals surface area (Å²) in [4.78, 5) is 0. The molecule has 2 aromatic rings. The number of aryl methyl sites for hydroxylation is 2. The lowest BCUT2D eigenvalue weighted by molar-refractivity contribution is 0.318. The third-order valence-corrected chi connectivity index (χ3v) is 1.88. The van der Waals surface area contributed by atoms with Gasteiger partial charge in [-0.15, -0.1) is 0 Å².